The van der Waals surface area contributed by atoms with Crippen LogP contribution in [0.1, 0.15) is 33.3 Å². The molecular weight excluding hydrogens is 198 g/mol. The van der Waals surface area contributed by atoms with Gasteiger partial charge in [-0.05, 0) is 29.5 Å². The van der Waals surface area contributed by atoms with Crippen molar-refractivity contribution in [1.29, 1.82) is 0 Å². The molecule has 0 saturated heterocycles. The summed E-state index contributed by atoms with van der Waals surface area (Å²) in [5.74, 6) is 0.0629. The molecule has 1 aromatic carbocycles. The van der Waals surface area contributed by atoms with E-state index in [9.17, 15) is 4.79 Å². The van der Waals surface area contributed by atoms with Crippen LogP contribution in [0, 0.1) is 5.41 Å². The summed E-state index contributed by atoms with van der Waals surface area (Å²) in [6.07, 6.45) is 1.02. The molecule has 0 heterocycles. The molecular formula is C14H21NO. The zero-order chi connectivity index (χ0) is 12.3. The lowest BCUT2D eigenvalue weighted by Crippen LogP contribution is -2.23. The molecule has 1 aromatic rings. The van der Waals surface area contributed by atoms with Gasteiger partial charge >= 0.3 is 0 Å². The highest BCUT2D eigenvalue weighted by atomic mass is 16.2. The molecule has 0 saturated carbocycles. The second-order valence-electron chi connectivity index (χ2n) is 5.49. The van der Waals surface area contributed by atoms with Crippen molar-refractivity contribution in [3.63, 3.8) is 0 Å². The molecule has 0 atom stereocenters. The van der Waals surface area contributed by atoms with Gasteiger partial charge in [-0.15, -0.1) is 0 Å². The van der Waals surface area contributed by atoms with Gasteiger partial charge in [0.1, 0.15) is 0 Å². The molecule has 0 aliphatic carbocycles. The second kappa shape index (κ2) is 4.69. The Morgan fingerprint density at radius 3 is 2.44 bits per heavy atom. The van der Waals surface area contributed by atoms with E-state index in [1.165, 1.54) is 5.56 Å². The van der Waals surface area contributed by atoms with Gasteiger partial charge in [-0.1, -0.05) is 32.9 Å². The molecule has 16 heavy (non-hydrogen) atoms. The molecule has 2 heteroatoms. The van der Waals surface area contributed by atoms with E-state index in [1.807, 2.05) is 12.1 Å². The van der Waals surface area contributed by atoms with Crippen LogP contribution in [0.4, 0.5) is 5.69 Å². The van der Waals surface area contributed by atoms with Crippen molar-refractivity contribution >= 4 is 11.6 Å². The van der Waals surface area contributed by atoms with E-state index in [0.717, 1.165) is 12.1 Å². The van der Waals surface area contributed by atoms with Gasteiger partial charge in [0.2, 0.25) is 5.91 Å². The smallest absolute Gasteiger partial charge is 0.223 e. The first-order chi connectivity index (χ1) is 7.29. The maximum Gasteiger partial charge on any atom is 0.223 e. The average molecular weight is 219 g/mol. The molecule has 1 amide bonds. The molecule has 0 fully saturated rings. The van der Waals surface area contributed by atoms with Crippen LogP contribution in [0.2, 0.25) is 0 Å². The summed E-state index contributed by atoms with van der Waals surface area (Å²) in [4.78, 5) is 12.9. The van der Waals surface area contributed by atoms with E-state index in [1.54, 1.807) is 18.9 Å². The fourth-order valence-electron chi connectivity index (χ4n) is 1.67. The minimum atomic E-state index is 0.0629. The largest absolute Gasteiger partial charge is 0.316 e. The summed E-state index contributed by atoms with van der Waals surface area (Å²) in [6, 6.07) is 8.18. The Labute approximate surface area is 98.3 Å². The highest BCUT2D eigenvalue weighted by Gasteiger charge is 2.12. The molecule has 0 spiro atoms. The van der Waals surface area contributed by atoms with Crippen LogP contribution in [0.3, 0.4) is 0 Å². The van der Waals surface area contributed by atoms with E-state index in [4.69, 9.17) is 0 Å². The molecule has 0 bridgehead atoms. The van der Waals surface area contributed by atoms with Gasteiger partial charge in [-0.2, -0.15) is 0 Å². The first-order valence-electron chi connectivity index (χ1n) is 5.63. The number of hydrogen-bond acceptors (Lipinski definition) is 1. The summed E-state index contributed by atoms with van der Waals surface area (Å²) in [5, 5.41) is 0. The quantitative estimate of drug-likeness (QED) is 0.747. The maximum atomic E-state index is 11.3. The number of anilines is 1. The first kappa shape index (κ1) is 12.8. The van der Waals surface area contributed by atoms with Crippen LogP contribution in [-0.4, -0.2) is 13.0 Å². The zero-order valence-corrected chi connectivity index (χ0v) is 10.9. The summed E-state index contributed by atoms with van der Waals surface area (Å²) < 4.78 is 0. The van der Waals surface area contributed by atoms with E-state index >= 15 is 0 Å². The Kier molecular flexibility index (Phi) is 3.74. The Hall–Kier alpha value is -1.31. The fourth-order valence-corrected chi connectivity index (χ4v) is 1.67. The van der Waals surface area contributed by atoms with Crippen LogP contribution in [0.25, 0.3) is 0 Å². The van der Waals surface area contributed by atoms with Crippen LogP contribution >= 0.6 is 0 Å². The lowest BCUT2D eigenvalue weighted by Gasteiger charge is -2.20. The zero-order valence-electron chi connectivity index (χ0n) is 10.9. The first-order valence-corrected chi connectivity index (χ1v) is 5.63. The van der Waals surface area contributed by atoms with Crippen molar-refractivity contribution in [2.45, 2.75) is 34.1 Å². The maximum absolute atomic E-state index is 11.3. The normalized spacial score (nSPS) is 11.3. The molecule has 0 aliphatic rings. The van der Waals surface area contributed by atoms with Crippen molar-refractivity contribution in [3.8, 4) is 0 Å². The van der Waals surface area contributed by atoms with Crippen molar-refractivity contribution in [1.82, 2.24) is 0 Å². The average Bonchev–Trinajstić information content (AvgIpc) is 2.14. The van der Waals surface area contributed by atoms with Crippen LogP contribution < -0.4 is 4.90 Å². The number of benzene rings is 1. The minimum Gasteiger partial charge on any atom is -0.316 e. The van der Waals surface area contributed by atoms with Crippen LogP contribution in [0.5, 0.6) is 0 Å². The van der Waals surface area contributed by atoms with E-state index in [2.05, 4.69) is 32.9 Å². The highest BCUT2D eigenvalue weighted by Crippen LogP contribution is 2.23. The predicted octanol–water partition coefficient (Wildman–Crippen LogP) is 3.26. The summed E-state index contributed by atoms with van der Waals surface area (Å²) >= 11 is 0. The molecule has 2 nitrogen and oxygen atoms in total. The molecule has 0 unspecified atom stereocenters. The van der Waals surface area contributed by atoms with E-state index in [-0.39, 0.29) is 11.3 Å². The Balaban J connectivity index is 2.91. The van der Waals surface area contributed by atoms with Crippen LogP contribution in [-0.2, 0) is 11.2 Å². The Morgan fingerprint density at radius 1 is 1.31 bits per heavy atom. The van der Waals surface area contributed by atoms with Crippen molar-refractivity contribution in [2.75, 3.05) is 11.9 Å². The number of nitrogens with zero attached hydrogens (tertiary/aromatic N) is 1. The number of carbonyl (C=O) groups is 1. The van der Waals surface area contributed by atoms with Gasteiger partial charge < -0.3 is 4.90 Å². The Bertz CT molecular complexity index is 377. The molecule has 1 rings (SSSR count). The molecule has 0 aliphatic heterocycles. The third-order valence-corrected chi connectivity index (χ3v) is 2.50. The van der Waals surface area contributed by atoms with Crippen LogP contribution in [0.15, 0.2) is 24.3 Å². The van der Waals surface area contributed by atoms with E-state index < -0.39 is 0 Å². The monoisotopic (exact) mass is 219 g/mol. The Morgan fingerprint density at radius 2 is 1.94 bits per heavy atom. The second-order valence-corrected chi connectivity index (χ2v) is 5.49. The van der Waals surface area contributed by atoms with Crippen molar-refractivity contribution < 1.29 is 4.79 Å². The number of amides is 1. The SMILES string of the molecule is CC(=O)N(C)c1cccc(CC(C)(C)C)c1. The predicted molar refractivity (Wildman–Crippen MR) is 68.7 cm³/mol. The summed E-state index contributed by atoms with van der Waals surface area (Å²) in [6.45, 7) is 8.23. The number of rotatable bonds is 2. The summed E-state index contributed by atoms with van der Waals surface area (Å²) in [7, 11) is 1.80. The van der Waals surface area contributed by atoms with Crippen molar-refractivity contribution in [3.05, 3.63) is 29.8 Å². The van der Waals surface area contributed by atoms with E-state index in [0.29, 0.717) is 0 Å². The van der Waals surface area contributed by atoms with Crippen molar-refractivity contribution in [2.24, 2.45) is 5.41 Å². The van der Waals surface area contributed by atoms with Gasteiger partial charge in [0, 0.05) is 19.7 Å². The molecule has 88 valence electrons. The molecule has 0 aromatic heterocycles. The lowest BCUT2D eigenvalue weighted by atomic mass is 9.88. The molecule has 0 radical (unpaired) electrons. The number of carbonyl (C=O) groups excluding carboxylic acids is 1. The third-order valence-electron chi connectivity index (χ3n) is 2.50. The number of hydrogen-bond donors (Lipinski definition) is 0. The third kappa shape index (κ3) is 3.69. The van der Waals surface area contributed by atoms with Gasteiger partial charge in [0.05, 0.1) is 0 Å². The minimum absolute atomic E-state index is 0.0629. The topological polar surface area (TPSA) is 20.3 Å². The molecule has 0 N–H and O–H groups in total. The van der Waals surface area contributed by atoms with Gasteiger partial charge in [-0.25, -0.2) is 0 Å². The van der Waals surface area contributed by atoms with Gasteiger partial charge in [0.25, 0.3) is 0 Å². The highest BCUT2D eigenvalue weighted by molar-refractivity contribution is 5.90. The van der Waals surface area contributed by atoms with Gasteiger partial charge in [-0.3, -0.25) is 4.79 Å². The van der Waals surface area contributed by atoms with Gasteiger partial charge in [0.15, 0.2) is 0 Å². The summed E-state index contributed by atoms with van der Waals surface area (Å²) in [5.41, 5.74) is 2.51. The standard InChI is InChI=1S/C14H21NO/c1-11(16)15(5)13-8-6-7-12(9-13)10-14(2,3)4/h6-9H,10H2,1-5H3. The lowest BCUT2D eigenvalue weighted by molar-refractivity contribution is -0.116. The fraction of sp³-hybridized carbons (Fsp3) is 0.500.